The Labute approximate surface area is 110 Å². The summed E-state index contributed by atoms with van der Waals surface area (Å²) in [6, 6.07) is 2.16. The molecule has 1 fully saturated rings. The van der Waals surface area contributed by atoms with Crippen LogP contribution in [0.1, 0.15) is 50.2 Å². The van der Waals surface area contributed by atoms with E-state index in [1.54, 1.807) is 0 Å². The van der Waals surface area contributed by atoms with E-state index in [1.165, 1.54) is 24.0 Å². The maximum Gasteiger partial charge on any atom is 0.136 e. The second-order valence-corrected chi connectivity index (χ2v) is 5.67. The summed E-state index contributed by atoms with van der Waals surface area (Å²) in [7, 11) is 0. The molecule has 1 saturated carbocycles. The number of aromatic nitrogens is 1. The second kappa shape index (κ2) is 6.12. The lowest BCUT2D eigenvalue weighted by Gasteiger charge is -2.28. The molecular weight excluding hydrogens is 222 g/mol. The zero-order chi connectivity index (χ0) is 13.0. The standard InChI is InChI=1S/C16H23NO/c1-3-4-13-5-6-16(18)15(8-13)9-14-7-12(2)10-17-11-14/h7,10-11,13,15H,3-6,8-9H2,1-2H3. The maximum atomic E-state index is 12.0. The van der Waals surface area contributed by atoms with Crippen molar-refractivity contribution in [3.63, 3.8) is 0 Å². The lowest BCUT2D eigenvalue weighted by atomic mass is 9.76. The lowest BCUT2D eigenvalue weighted by Crippen LogP contribution is -2.26. The Bertz CT molecular complexity index is 413. The highest BCUT2D eigenvalue weighted by molar-refractivity contribution is 5.82. The monoisotopic (exact) mass is 245 g/mol. The number of ketones is 1. The van der Waals surface area contributed by atoms with Crippen LogP contribution >= 0.6 is 0 Å². The van der Waals surface area contributed by atoms with Gasteiger partial charge in [-0.1, -0.05) is 25.8 Å². The summed E-state index contributed by atoms with van der Waals surface area (Å²) in [5.41, 5.74) is 2.39. The van der Waals surface area contributed by atoms with E-state index in [1.807, 2.05) is 12.4 Å². The Balaban J connectivity index is 2.00. The Kier molecular flexibility index (Phi) is 4.51. The Morgan fingerprint density at radius 3 is 2.94 bits per heavy atom. The van der Waals surface area contributed by atoms with E-state index in [2.05, 4.69) is 24.9 Å². The molecule has 2 nitrogen and oxygen atoms in total. The number of hydrogen-bond donors (Lipinski definition) is 0. The van der Waals surface area contributed by atoms with E-state index in [9.17, 15) is 4.79 Å². The van der Waals surface area contributed by atoms with Crippen molar-refractivity contribution in [2.75, 3.05) is 0 Å². The molecular formula is C16H23NO. The molecule has 2 heteroatoms. The molecule has 2 rings (SSSR count). The van der Waals surface area contributed by atoms with Gasteiger partial charge < -0.3 is 0 Å². The average molecular weight is 245 g/mol. The van der Waals surface area contributed by atoms with E-state index in [-0.39, 0.29) is 5.92 Å². The molecule has 1 heterocycles. The predicted molar refractivity (Wildman–Crippen MR) is 73.4 cm³/mol. The number of carbonyl (C=O) groups excluding carboxylic acids is 1. The number of aryl methyl sites for hydroxylation is 1. The number of nitrogens with zero attached hydrogens (tertiary/aromatic N) is 1. The molecule has 0 aliphatic heterocycles. The third-order valence-electron chi connectivity index (χ3n) is 3.98. The zero-order valence-corrected chi connectivity index (χ0v) is 11.5. The van der Waals surface area contributed by atoms with Gasteiger partial charge in [0, 0.05) is 24.7 Å². The first-order valence-electron chi connectivity index (χ1n) is 7.12. The van der Waals surface area contributed by atoms with Crippen LogP contribution < -0.4 is 0 Å². The van der Waals surface area contributed by atoms with Crippen LogP contribution in [0, 0.1) is 18.8 Å². The molecule has 2 unspecified atom stereocenters. The van der Waals surface area contributed by atoms with Gasteiger partial charge in [0.15, 0.2) is 0 Å². The minimum Gasteiger partial charge on any atom is -0.299 e. The summed E-state index contributed by atoms with van der Waals surface area (Å²) in [5.74, 6) is 1.46. The maximum absolute atomic E-state index is 12.0. The van der Waals surface area contributed by atoms with Crippen LogP contribution in [0.3, 0.4) is 0 Å². The van der Waals surface area contributed by atoms with Crippen molar-refractivity contribution in [2.45, 2.75) is 52.4 Å². The van der Waals surface area contributed by atoms with E-state index in [4.69, 9.17) is 0 Å². The number of hydrogen-bond acceptors (Lipinski definition) is 2. The SMILES string of the molecule is CCCC1CCC(=O)C(Cc2cncc(C)c2)C1. The third kappa shape index (κ3) is 3.41. The van der Waals surface area contributed by atoms with Crippen LogP contribution in [0.4, 0.5) is 0 Å². The van der Waals surface area contributed by atoms with Gasteiger partial charge in [0.25, 0.3) is 0 Å². The van der Waals surface area contributed by atoms with Crippen LogP contribution in [0.15, 0.2) is 18.5 Å². The highest BCUT2D eigenvalue weighted by Gasteiger charge is 2.28. The first-order chi connectivity index (χ1) is 8.69. The summed E-state index contributed by atoms with van der Waals surface area (Å²) in [6.45, 7) is 4.29. The van der Waals surface area contributed by atoms with Crippen molar-refractivity contribution in [1.29, 1.82) is 0 Å². The Hall–Kier alpha value is -1.18. The van der Waals surface area contributed by atoms with Gasteiger partial charge in [0.1, 0.15) is 5.78 Å². The van der Waals surface area contributed by atoms with Crippen molar-refractivity contribution in [3.05, 3.63) is 29.6 Å². The van der Waals surface area contributed by atoms with Gasteiger partial charge in [0.05, 0.1) is 0 Å². The van der Waals surface area contributed by atoms with Gasteiger partial charge in [0.2, 0.25) is 0 Å². The zero-order valence-electron chi connectivity index (χ0n) is 11.5. The topological polar surface area (TPSA) is 30.0 Å². The summed E-state index contributed by atoms with van der Waals surface area (Å²) in [4.78, 5) is 16.2. The van der Waals surface area contributed by atoms with E-state index in [0.29, 0.717) is 5.78 Å². The van der Waals surface area contributed by atoms with Gasteiger partial charge in [-0.15, -0.1) is 0 Å². The molecule has 1 aromatic heterocycles. The Morgan fingerprint density at radius 1 is 1.39 bits per heavy atom. The molecule has 0 amide bonds. The van der Waals surface area contributed by atoms with Gasteiger partial charge in [-0.05, 0) is 43.2 Å². The van der Waals surface area contributed by atoms with E-state index in [0.717, 1.165) is 31.6 Å². The molecule has 1 aromatic rings. The van der Waals surface area contributed by atoms with Crippen molar-refractivity contribution in [2.24, 2.45) is 11.8 Å². The molecule has 0 aromatic carbocycles. The average Bonchev–Trinajstić information content (AvgIpc) is 2.34. The molecule has 0 N–H and O–H groups in total. The van der Waals surface area contributed by atoms with Crippen LogP contribution in [0.2, 0.25) is 0 Å². The summed E-state index contributed by atoms with van der Waals surface area (Å²) < 4.78 is 0. The van der Waals surface area contributed by atoms with Gasteiger partial charge in [-0.3, -0.25) is 9.78 Å². The Morgan fingerprint density at radius 2 is 2.22 bits per heavy atom. The first-order valence-corrected chi connectivity index (χ1v) is 7.12. The molecule has 0 radical (unpaired) electrons. The fourth-order valence-corrected chi connectivity index (χ4v) is 3.08. The molecule has 98 valence electrons. The predicted octanol–water partition coefficient (Wildman–Crippen LogP) is 3.72. The van der Waals surface area contributed by atoms with Gasteiger partial charge in [-0.2, -0.15) is 0 Å². The highest BCUT2D eigenvalue weighted by Crippen LogP contribution is 2.31. The molecule has 1 aliphatic carbocycles. The van der Waals surface area contributed by atoms with Gasteiger partial charge in [-0.25, -0.2) is 0 Å². The fourth-order valence-electron chi connectivity index (χ4n) is 3.08. The van der Waals surface area contributed by atoms with Crippen LogP contribution in [-0.4, -0.2) is 10.8 Å². The van der Waals surface area contributed by atoms with Crippen LogP contribution in [0.5, 0.6) is 0 Å². The van der Waals surface area contributed by atoms with Gasteiger partial charge >= 0.3 is 0 Å². The highest BCUT2D eigenvalue weighted by atomic mass is 16.1. The normalized spacial score (nSPS) is 24.2. The number of Topliss-reactive ketones (excluding diaryl/α,β-unsaturated/α-hetero) is 1. The lowest BCUT2D eigenvalue weighted by molar-refractivity contribution is -0.125. The quantitative estimate of drug-likeness (QED) is 0.809. The van der Waals surface area contributed by atoms with Crippen molar-refractivity contribution in [3.8, 4) is 0 Å². The summed E-state index contributed by atoms with van der Waals surface area (Å²) >= 11 is 0. The van der Waals surface area contributed by atoms with E-state index < -0.39 is 0 Å². The van der Waals surface area contributed by atoms with Crippen molar-refractivity contribution < 1.29 is 4.79 Å². The number of rotatable bonds is 4. The molecule has 18 heavy (non-hydrogen) atoms. The largest absolute Gasteiger partial charge is 0.299 e. The molecule has 2 atom stereocenters. The number of pyridine rings is 1. The molecule has 0 bridgehead atoms. The smallest absolute Gasteiger partial charge is 0.136 e. The summed E-state index contributed by atoms with van der Waals surface area (Å²) in [6.07, 6.45) is 10.1. The second-order valence-electron chi connectivity index (χ2n) is 5.67. The summed E-state index contributed by atoms with van der Waals surface area (Å²) in [5, 5.41) is 0. The first kappa shape index (κ1) is 13.3. The van der Waals surface area contributed by atoms with Crippen molar-refractivity contribution in [1.82, 2.24) is 4.98 Å². The fraction of sp³-hybridized carbons (Fsp3) is 0.625. The van der Waals surface area contributed by atoms with Crippen LogP contribution in [-0.2, 0) is 11.2 Å². The van der Waals surface area contributed by atoms with Crippen molar-refractivity contribution >= 4 is 5.78 Å². The minimum absolute atomic E-state index is 0.235. The van der Waals surface area contributed by atoms with E-state index >= 15 is 0 Å². The molecule has 0 spiro atoms. The minimum atomic E-state index is 0.235. The number of carbonyl (C=O) groups is 1. The molecule has 1 aliphatic rings. The third-order valence-corrected chi connectivity index (χ3v) is 3.98. The van der Waals surface area contributed by atoms with Crippen LogP contribution in [0.25, 0.3) is 0 Å². The molecule has 0 saturated heterocycles.